The molecule has 1 saturated heterocycles. The maximum atomic E-state index is 11.5. The van der Waals surface area contributed by atoms with Crippen LogP contribution in [0.5, 0.6) is 5.75 Å². The molecule has 156 valence electrons. The second-order valence-corrected chi connectivity index (χ2v) is 7.09. The molecule has 0 unspecified atom stereocenters. The summed E-state index contributed by atoms with van der Waals surface area (Å²) in [5, 5.41) is 6.62. The highest BCUT2D eigenvalue weighted by Gasteiger charge is 2.13. The van der Waals surface area contributed by atoms with E-state index < -0.39 is 0 Å². The third kappa shape index (κ3) is 7.45. The number of thiazole rings is 1. The highest BCUT2D eigenvalue weighted by atomic mass is 32.1. The lowest BCUT2D eigenvalue weighted by Gasteiger charge is -2.23. The fourth-order valence-electron chi connectivity index (χ4n) is 2.62. The van der Waals surface area contributed by atoms with E-state index in [0.717, 1.165) is 30.9 Å². The lowest BCUT2D eigenvalue weighted by molar-refractivity contribution is -0.183. The van der Waals surface area contributed by atoms with Crippen LogP contribution in [0.2, 0.25) is 0 Å². The molecule has 3 rings (SSSR count). The second kappa shape index (κ2) is 11.5. The van der Waals surface area contributed by atoms with E-state index in [1.165, 1.54) is 11.3 Å². The molecule has 1 aromatic heterocycles. The molecule has 0 amide bonds. The van der Waals surface area contributed by atoms with E-state index in [-0.39, 0.29) is 18.7 Å². The number of aromatic nitrogens is 1. The molecule has 9 heteroatoms. The number of hydrogen-bond donors (Lipinski definition) is 1. The van der Waals surface area contributed by atoms with Crippen LogP contribution in [0, 0.1) is 0 Å². The smallest absolute Gasteiger partial charge is 0.311 e. The fourth-order valence-corrected chi connectivity index (χ4v) is 3.28. The van der Waals surface area contributed by atoms with Crippen LogP contribution < -0.4 is 10.2 Å². The minimum atomic E-state index is -0.286. The summed E-state index contributed by atoms with van der Waals surface area (Å²) in [6.07, 6.45) is 3.31. The Balaban J connectivity index is 1.44. The number of ether oxygens (including phenoxy) is 4. The monoisotopic (exact) mass is 419 g/mol. The summed E-state index contributed by atoms with van der Waals surface area (Å²) in [5.74, 6) is 0.474. The first-order valence-electron chi connectivity index (χ1n) is 9.58. The summed E-state index contributed by atoms with van der Waals surface area (Å²) in [7, 11) is 0. The molecule has 1 N–H and O–H groups in total. The SMILES string of the molecule is CCOC(=O)Cc1csc(NN=Cc2cccc(OCCC3OCCCO3)c2)n1. The van der Waals surface area contributed by atoms with E-state index in [2.05, 4.69) is 15.5 Å². The molecule has 1 aliphatic rings. The average Bonchev–Trinajstić information content (AvgIpc) is 3.16. The number of hydrazone groups is 1. The Bertz CT molecular complexity index is 805. The first-order chi connectivity index (χ1) is 14.2. The van der Waals surface area contributed by atoms with Crippen LogP contribution in [0.3, 0.4) is 0 Å². The summed E-state index contributed by atoms with van der Waals surface area (Å²) in [6, 6.07) is 7.64. The molecular weight excluding hydrogens is 394 g/mol. The summed E-state index contributed by atoms with van der Waals surface area (Å²) in [5.41, 5.74) is 4.43. The van der Waals surface area contributed by atoms with Gasteiger partial charge in [-0.05, 0) is 31.0 Å². The van der Waals surface area contributed by atoms with Crippen molar-refractivity contribution >= 4 is 28.7 Å². The van der Waals surface area contributed by atoms with Crippen molar-refractivity contribution in [2.45, 2.75) is 32.5 Å². The lowest BCUT2D eigenvalue weighted by atomic mass is 10.2. The lowest BCUT2D eigenvalue weighted by Crippen LogP contribution is -2.26. The number of carbonyl (C=O) groups is 1. The van der Waals surface area contributed by atoms with Crippen LogP contribution >= 0.6 is 11.3 Å². The van der Waals surface area contributed by atoms with Gasteiger partial charge in [0.15, 0.2) is 6.29 Å². The van der Waals surface area contributed by atoms with E-state index in [1.54, 1.807) is 13.1 Å². The Morgan fingerprint density at radius 3 is 3.10 bits per heavy atom. The number of rotatable bonds is 10. The van der Waals surface area contributed by atoms with Gasteiger partial charge in [0.05, 0.1) is 44.8 Å². The largest absolute Gasteiger partial charge is 0.493 e. The van der Waals surface area contributed by atoms with Gasteiger partial charge in [0.1, 0.15) is 5.75 Å². The second-order valence-electron chi connectivity index (χ2n) is 6.23. The summed E-state index contributed by atoms with van der Waals surface area (Å²) in [6.45, 7) is 4.15. The fraction of sp³-hybridized carbons (Fsp3) is 0.450. The molecule has 1 fully saturated rings. The Morgan fingerprint density at radius 2 is 2.28 bits per heavy atom. The number of nitrogens with zero attached hydrogens (tertiary/aromatic N) is 2. The Labute approximate surface area is 173 Å². The van der Waals surface area contributed by atoms with Crippen LogP contribution in [0.25, 0.3) is 0 Å². The maximum absolute atomic E-state index is 11.5. The predicted octanol–water partition coefficient (Wildman–Crippen LogP) is 3.23. The van der Waals surface area contributed by atoms with E-state index in [4.69, 9.17) is 18.9 Å². The average molecular weight is 420 g/mol. The molecular formula is C20H25N3O5S. The van der Waals surface area contributed by atoms with Crippen molar-refractivity contribution in [3.63, 3.8) is 0 Å². The number of anilines is 1. The Hall–Kier alpha value is -2.49. The van der Waals surface area contributed by atoms with E-state index in [1.807, 2.05) is 29.6 Å². The highest BCUT2D eigenvalue weighted by molar-refractivity contribution is 7.13. The van der Waals surface area contributed by atoms with E-state index in [0.29, 0.717) is 30.5 Å². The van der Waals surface area contributed by atoms with E-state index in [9.17, 15) is 4.79 Å². The van der Waals surface area contributed by atoms with Gasteiger partial charge >= 0.3 is 5.97 Å². The molecule has 2 aromatic rings. The number of carbonyl (C=O) groups excluding carboxylic acids is 1. The van der Waals surface area contributed by atoms with Gasteiger partial charge in [0.2, 0.25) is 5.13 Å². The molecule has 0 radical (unpaired) electrons. The molecule has 0 atom stereocenters. The van der Waals surface area contributed by atoms with Crippen molar-refractivity contribution in [2.24, 2.45) is 5.10 Å². The van der Waals surface area contributed by atoms with Crippen molar-refractivity contribution in [1.29, 1.82) is 0 Å². The van der Waals surface area contributed by atoms with Gasteiger partial charge in [-0.15, -0.1) is 11.3 Å². The van der Waals surface area contributed by atoms with Gasteiger partial charge < -0.3 is 18.9 Å². The standard InChI is InChI=1S/C20H25N3O5S/c1-2-25-18(24)12-16-14-29-20(22-16)23-21-13-15-5-3-6-17(11-15)26-10-7-19-27-8-4-9-28-19/h3,5-6,11,13-14,19H,2,4,7-10,12H2,1H3,(H,22,23). The van der Waals surface area contributed by atoms with Crippen LogP contribution in [0.15, 0.2) is 34.7 Å². The molecule has 0 aliphatic carbocycles. The minimum absolute atomic E-state index is 0.159. The highest BCUT2D eigenvalue weighted by Crippen LogP contribution is 2.17. The first-order valence-corrected chi connectivity index (χ1v) is 10.5. The third-order valence-electron chi connectivity index (χ3n) is 3.93. The zero-order valence-electron chi connectivity index (χ0n) is 16.3. The van der Waals surface area contributed by atoms with Gasteiger partial charge in [-0.3, -0.25) is 10.2 Å². The number of hydrogen-bond acceptors (Lipinski definition) is 9. The van der Waals surface area contributed by atoms with Gasteiger partial charge in [-0.2, -0.15) is 5.10 Å². The number of nitrogens with one attached hydrogen (secondary N) is 1. The molecule has 2 heterocycles. The molecule has 29 heavy (non-hydrogen) atoms. The van der Waals surface area contributed by atoms with Crippen LogP contribution in [0.1, 0.15) is 31.0 Å². The van der Waals surface area contributed by atoms with Crippen molar-refractivity contribution < 1.29 is 23.7 Å². The number of benzene rings is 1. The molecule has 0 saturated carbocycles. The van der Waals surface area contributed by atoms with Crippen molar-refractivity contribution in [3.05, 3.63) is 40.9 Å². The van der Waals surface area contributed by atoms with Crippen LogP contribution in [0.4, 0.5) is 5.13 Å². The number of esters is 1. The third-order valence-corrected chi connectivity index (χ3v) is 4.73. The normalized spacial score (nSPS) is 14.8. The summed E-state index contributed by atoms with van der Waals surface area (Å²) >= 11 is 1.38. The Morgan fingerprint density at radius 1 is 1.41 bits per heavy atom. The quantitative estimate of drug-likeness (QED) is 0.359. The molecule has 1 aliphatic heterocycles. The van der Waals surface area contributed by atoms with E-state index >= 15 is 0 Å². The predicted molar refractivity (Wildman–Crippen MR) is 111 cm³/mol. The van der Waals surface area contributed by atoms with Gasteiger partial charge in [0, 0.05) is 11.8 Å². The first kappa shape index (κ1) is 21.2. The maximum Gasteiger partial charge on any atom is 0.311 e. The zero-order valence-corrected chi connectivity index (χ0v) is 17.2. The van der Waals surface area contributed by atoms with Gasteiger partial charge in [-0.1, -0.05) is 12.1 Å². The van der Waals surface area contributed by atoms with Gasteiger partial charge in [0.25, 0.3) is 0 Å². The van der Waals surface area contributed by atoms with Crippen LogP contribution in [-0.2, 0) is 25.4 Å². The summed E-state index contributed by atoms with van der Waals surface area (Å²) < 4.78 is 21.7. The molecule has 1 aromatic carbocycles. The molecule has 0 spiro atoms. The molecule has 8 nitrogen and oxygen atoms in total. The van der Waals surface area contributed by atoms with Crippen LogP contribution in [-0.4, -0.2) is 49.9 Å². The van der Waals surface area contributed by atoms with Crippen molar-refractivity contribution in [2.75, 3.05) is 31.9 Å². The van der Waals surface area contributed by atoms with Crippen molar-refractivity contribution in [3.8, 4) is 5.75 Å². The topological polar surface area (TPSA) is 91.3 Å². The minimum Gasteiger partial charge on any atom is -0.493 e. The van der Waals surface area contributed by atoms with Crippen molar-refractivity contribution in [1.82, 2.24) is 4.98 Å². The zero-order chi connectivity index (χ0) is 20.3. The van der Waals surface area contributed by atoms with Gasteiger partial charge in [-0.25, -0.2) is 4.98 Å². The molecule has 0 bridgehead atoms. The summed E-state index contributed by atoms with van der Waals surface area (Å²) in [4.78, 5) is 15.8. The Kier molecular flexibility index (Phi) is 8.41.